The Bertz CT molecular complexity index is 1920. The van der Waals surface area contributed by atoms with E-state index in [0.717, 1.165) is 108 Å². The zero-order valence-electron chi connectivity index (χ0n) is 65.0. The van der Waals surface area contributed by atoms with E-state index in [2.05, 4.69) is 48.5 Å². The molecule has 3 N–H and O–H groups in total. The molecule has 0 aliphatic carbocycles. The van der Waals surface area contributed by atoms with Crippen molar-refractivity contribution >= 4 is 39.5 Å². The van der Waals surface area contributed by atoms with Gasteiger partial charge < -0.3 is 33.8 Å². The summed E-state index contributed by atoms with van der Waals surface area (Å²) in [6.07, 6.45) is 58.2. The van der Waals surface area contributed by atoms with E-state index in [4.69, 9.17) is 37.0 Å². The molecular formula is C80H156O17P2. The minimum atomic E-state index is -4.96. The summed E-state index contributed by atoms with van der Waals surface area (Å²) in [5.41, 5.74) is 0. The first-order chi connectivity index (χ1) is 47.7. The number of phosphoric acid groups is 2. The van der Waals surface area contributed by atoms with Crippen molar-refractivity contribution in [1.82, 2.24) is 0 Å². The standard InChI is InChI=1S/C80H156O17P2/c1-8-9-10-11-12-13-33-40-47-54-61-77(82)90-67-75(97-80(85)64-57-50-43-36-29-23-26-32-39-46-53-60-73(6)7)69-94-98(86,87)92-65-74(81)66-93-99(88,89)95-70-76(68-91-78(83)62-55-48-41-34-27-22-18-20-25-31-38-45-52-59-72(4)5)96-79(84)63-56-49-42-35-28-21-17-15-14-16-19-24-30-37-44-51-58-71(2)3/h71-76,81H,8-70H2,1-7H3,(H,86,87)(H,88,89)/t74-,75+,76+/m0/s1. The highest BCUT2D eigenvalue weighted by Gasteiger charge is 2.30. The Morgan fingerprint density at radius 2 is 0.465 bits per heavy atom. The third-order valence-electron chi connectivity index (χ3n) is 18.6. The van der Waals surface area contributed by atoms with E-state index in [0.29, 0.717) is 25.7 Å². The minimum Gasteiger partial charge on any atom is -0.462 e. The topological polar surface area (TPSA) is 237 Å². The summed E-state index contributed by atoms with van der Waals surface area (Å²) in [4.78, 5) is 73.0. The molecule has 99 heavy (non-hydrogen) atoms. The number of hydrogen-bond donors (Lipinski definition) is 3. The number of rotatable bonds is 78. The molecule has 0 aromatic rings. The summed E-state index contributed by atoms with van der Waals surface area (Å²) < 4.78 is 68.7. The lowest BCUT2D eigenvalue weighted by Crippen LogP contribution is -2.30. The molecule has 0 fully saturated rings. The Morgan fingerprint density at radius 1 is 0.273 bits per heavy atom. The fourth-order valence-corrected chi connectivity index (χ4v) is 13.9. The first-order valence-corrected chi connectivity index (χ1v) is 44.3. The van der Waals surface area contributed by atoms with Crippen molar-refractivity contribution in [3.8, 4) is 0 Å². The molecule has 17 nitrogen and oxygen atoms in total. The molecule has 0 aliphatic heterocycles. The van der Waals surface area contributed by atoms with Gasteiger partial charge in [0, 0.05) is 25.7 Å². The van der Waals surface area contributed by atoms with Crippen molar-refractivity contribution < 1.29 is 80.2 Å². The van der Waals surface area contributed by atoms with Gasteiger partial charge in [-0.15, -0.1) is 0 Å². The quantitative estimate of drug-likeness (QED) is 0.0222. The van der Waals surface area contributed by atoms with Crippen LogP contribution in [0.5, 0.6) is 0 Å². The minimum absolute atomic E-state index is 0.107. The van der Waals surface area contributed by atoms with E-state index in [1.807, 2.05) is 0 Å². The van der Waals surface area contributed by atoms with E-state index >= 15 is 0 Å². The van der Waals surface area contributed by atoms with Crippen LogP contribution in [0.2, 0.25) is 0 Å². The van der Waals surface area contributed by atoms with E-state index in [-0.39, 0.29) is 25.7 Å². The van der Waals surface area contributed by atoms with Crippen LogP contribution in [0.25, 0.3) is 0 Å². The number of ether oxygens (including phenoxy) is 4. The SMILES string of the molecule is CCCCCCCCCCCCC(=O)OC[C@H](COP(=O)(O)OC[C@H](O)COP(=O)(O)OC[C@@H](COC(=O)CCCCCCCCCCCCCCCC(C)C)OC(=O)CCCCCCCCCCCCCCCCCCC(C)C)OC(=O)CCCCCCCCCCCCCC(C)C. The van der Waals surface area contributed by atoms with E-state index in [9.17, 15) is 43.2 Å². The van der Waals surface area contributed by atoms with Crippen LogP contribution in [0.3, 0.4) is 0 Å². The second-order valence-electron chi connectivity index (χ2n) is 30.2. The Balaban J connectivity index is 5.24. The first-order valence-electron chi connectivity index (χ1n) is 41.3. The smallest absolute Gasteiger partial charge is 0.462 e. The zero-order valence-corrected chi connectivity index (χ0v) is 66.8. The summed E-state index contributed by atoms with van der Waals surface area (Å²) in [7, 11) is -9.92. The molecule has 0 spiro atoms. The highest BCUT2D eigenvalue weighted by atomic mass is 31.2. The molecule has 0 aliphatic rings. The lowest BCUT2D eigenvalue weighted by atomic mass is 10.0. The lowest BCUT2D eigenvalue weighted by molar-refractivity contribution is -0.161. The monoisotopic (exact) mass is 1450 g/mol. The molecule has 0 amide bonds. The van der Waals surface area contributed by atoms with Gasteiger partial charge in [-0.2, -0.15) is 0 Å². The summed E-state index contributed by atoms with van der Waals surface area (Å²) in [6, 6.07) is 0. The lowest BCUT2D eigenvalue weighted by Gasteiger charge is -2.21. The summed E-state index contributed by atoms with van der Waals surface area (Å²) in [6.45, 7) is 12.0. The summed E-state index contributed by atoms with van der Waals surface area (Å²) in [5.74, 6) is 0.254. The maximum absolute atomic E-state index is 13.1. The van der Waals surface area contributed by atoms with E-state index < -0.39 is 97.5 Å². The molecule has 2 unspecified atom stereocenters. The van der Waals surface area contributed by atoms with Crippen molar-refractivity contribution in [2.75, 3.05) is 39.6 Å². The molecule has 0 aromatic heterocycles. The van der Waals surface area contributed by atoms with Crippen LogP contribution in [0.1, 0.15) is 414 Å². The maximum Gasteiger partial charge on any atom is 0.472 e. The van der Waals surface area contributed by atoms with Crippen molar-refractivity contribution in [3.63, 3.8) is 0 Å². The largest absolute Gasteiger partial charge is 0.472 e. The third-order valence-corrected chi connectivity index (χ3v) is 20.5. The molecule has 588 valence electrons. The predicted molar refractivity (Wildman–Crippen MR) is 405 cm³/mol. The molecule has 0 saturated heterocycles. The van der Waals surface area contributed by atoms with Crippen LogP contribution < -0.4 is 0 Å². The normalized spacial score (nSPS) is 14.0. The van der Waals surface area contributed by atoms with Gasteiger partial charge in [-0.3, -0.25) is 37.3 Å². The van der Waals surface area contributed by atoms with Gasteiger partial charge in [0.2, 0.25) is 0 Å². The van der Waals surface area contributed by atoms with Crippen molar-refractivity contribution in [2.45, 2.75) is 433 Å². The number of phosphoric ester groups is 2. The van der Waals surface area contributed by atoms with Gasteiger partial charge in [-0.25, -0.2) is 9.13 Å². The van der Waals surface area contributed by atoms with Crippen LogP contribution >= 0.6 is 15.6 Å². The van der Waals surface area contributed by atoms with E-state index in [1.165, 1.54) is 225 Å². The van der Waals surface area contributed by atoms with Crippen LogP contribution in [0.15, 0.2) is 0 Å². The second-order valence-corrected chi connectivity index (χ2v) is 33.1. The molecule has 0 heterocycles. The van der Waals surface area contributed by atoms with Crippen LogP contribution in [-0.4, -0.2) is 96.7 Å². The average molecular weight is 1450 g/mol. The highest BCUT2D eigenvalue weighted by molar-refractivity contribution is 7.47. The number of esters is 4. The van der Waals surface area contributed by atoms with Crippen molar-refractivity contribution in [2.24, 2.45) is 17.8 Å². The Labute approximate surface area is 607 Å². The van der Waals surface area contributed by atoms with Gasteiger partial charge >= 0.3 is 39.5 Å². The second kappa shape index (κ2) is 70.4. The first kappa shape index (κ1) is 97.1. The summed E-state index contributed by atoms with van der Waals surface area (Å²) in [5, 5.41) is 10.6. The van der Waals surface area contributed by atoms with Gasteiger partial charge in [0.05, 0.1) is 26.4 Å². The van der Waals surface area contributed by atoms with Crippen molar-refractivity contribution in [1.29, 1.82) is 0 Å². The highest BCUT2D eigenvalue weighted by Crippen LogP contribution is 2.45. The fourth-order valence-electron chi connectivity index (χ4n) is 12.3. The maximum atomic E-state index is 13.1. The summed E-state index contributed by atoms with van der Waals surface area (Å²) >= 11 is 0. The van der Waals surface area contributed by atoms with Gasteiger partial charge in [0.1, 0.15) is 19.3 Å². The molecule has 19 heteroatoms. The molecule has 0 radical (unpaired) electrons. The number of hydrogen-bond acceptors (Lipinski definition) is 15. The number of carbonyl (C=O) groups excluding carboxylic acids is 4. The number of aliphatic hydroxyl groups excluding tert-OH is 1. The van der Waals surface area contributed by atoms with Gasteiger partial charge in [0.15, 0.2) is 12.2 Å². The number of unbranched alkanes of at least 4 members (excludes halogenated alkanes) is 46. The molecule has 0 saturated carbocycles. The molecule has 5 atom stereocenters. The fraction of sp³-hybridized carbons (Fsp3) is 0.950. The Kier molecular flexibility index (Phi) is 69.0. The van der Waals surface area contributed by atoms with Crippen LogP contribution in [0, 0.1) is 17.8 Å². The molecule has 0 rings (SSSR count). The molecule has 0 aromatic carbocycles. The van der Waals surface area contributed by atoms with Gasteiger partial charge in [-0.1, -0.05) is 363 Å². The van der Waals surface area contributed by atoms with Crippen LogP contribution in [-0.2, 0) is 65.4 Å². The van der Waals surface area contributed by atoms with Gasteiger partial charge in [0.25, 0.3) is 0 Å². The molecular weight excluding hydrogens is 1290 g/mol. The Hall–Kier alpha value is -1.94. The predicted octanol–water partition coefficient (Wildman–Crippen LogP) is 23.7. The molecule has 0 bridgehead atoms. The Morgan fingerprint density at radius 3 is 0.687 bits per heavy atom. The van der Waals surface area contributed by atoms with Crippen molar-refractivity contribution in [3.05, 3.63) is 0 Å². The van der Waals surface area contributed by atoms with Gasteiger partial charge in [-0.05, 0) is 43.4 Å². The third kappa shape index (κ3) is 74.1. The van der Waals surface area contributed by atoms with E-state index in [1.54, 1.807) is 0 Å². The van der Waals surface area contributed by atoms with Crippen LogP contribution in [0.4, 0.5) is 0 Å². The number of aliphatic hydroxyl groups is 1. The average Bonchev–Trinajstić information content (AvgIpc) is 1.02. The number of carbonyl (C=O) groups is 4. The zero-order chi connectivity index (χ0) is 73.0.